The first-order valence-corrected chi connectivity index (χ1v) is 32.9. The largest absolute Gasteiger partial charge is 0.437 e. The van der Waals surface area contributed by atoms with Crippen LogP contribution in [0.2, 0.25) is 15.1 Å². The number of aryl methyl sites for hydroxylation is 2. The van der Waals surface area contributed by atoms with Gasteiger partial charge in [-0.05, 0) is 188 Å². The molecule has 9 aromatic heterocycles. The Labute approximate surface area is 582 Å². The number of halogens is 4. The zero-order chi connectivity index (χ0) is 69.3. The molecule has 0 unspecified atom stereocenters. The van der Waals surface area contributed by atoms with Crippen LogP contribution in [-0.2, 0) is 25.2 Å². The quantitative estimate of drug-likeness (QED) is 0.0589. The van der Waals surface area contributed by atoms with Gasteiger partial charge < -0.3 is 52.5 Å². The summed E-state index contributed by atoms with van der Waals surface area (Å²) in [5, 5.41) is 29.2. The van der Waals surface area contributed by atoms with Gasteiger partial charge >= 0.3 is 0 Å². The Hall–Kier alpha value is -10.7. The predicted molar refractivity (Wildman–Crippen MR) is 379 cm³/mol. The Morgan fingerprint density at radius 1 is 0.485 bits per heavy atom. The number of nitrogens with one attached hydrogen (secondary N) is 2. The van der Waals surface area contributed by atoms with Gasteiger partial charge in [0.2, 0.25) is 0 Å². The summed E-state index contributed by atoms with van der Waals surface area (Å²) in [6, 6.07) is 28.1. The van der Waals surface area contributed by atoms with Gasteiger partial charge in [0.15, 0.2) is 22.6 Å². The topological polar surface area (TPSA) is 352 Å². The van der Waals surface area contributed by atoms with Crippen LogP contribution in [0.25, 0.3) is 44.1 Å². The zero-order valence-electron chi connectivity index (χ0n) is 54.7. The fourth-order valence-electron chi connectivity index (χ4n) is 11.2. The second-order valence-corrected chi connectivity index (χ2v) is 25.9. The Kier molecular flexibility index (Phi) is 21.0. The normalized spacial score (nSPS) is 13.5. The third kappa shape index (κ3) is 16.5. The monoisotopic (exact) mass is 1400 g/mol. The fraction of sp³-hybridized carbons (Fsp3) is 0.279. The number of aromatic nitrogens is 17. The molecule has 13 aromatic rings. The number of hydrogen-bond acceptors (Lipinski definition) is 23. The summed E-state index contributed by atoms with van der Waals surface area (Å²) in [4.78, 5) is 37.6. The van der Waals surface area contributed by atoms with E-state index in [-0.39, 0.29) is 23.1 Å². The molecule has 11 heterocycles. The summed E-state index contributed by atoms with van der Waals surface area (Å²) in [6.45, 7) is 15.9. The Morgan fingerprint density at radius 3 is 1.36 bits per heavy atom. The molecule has 99 heavy (non-hydrogen) atoms. The highest BCUT2D eigenvalue weighted by Gasteiger charge is 2.27. The number of nitrogen functional groups attached to an aromatic ring is 4. The van der Waals surface area contributed by atoms with E-state index in [9.17, 15) is 4.39 Å². The van der Waals surface area contributed by atoms with Crippen LogP contribution >= 0.6 is 34.8 Å². The van der Waals surface area contributed by atoms with Gasteiger partial charge in [-0.15, -0.1) is 20.4 Å². The summed E-state index contributed by atoms with van der Waals surface area (Å²) < 4.78 is 44.4. The van der Waals surface area contributed by atoms with Gasteiger partial charge in [0, 0.05) is 46.6 Å². The van der Waals surface area contributed by atoms with E-state index in [1.165, 1.54) is 37.4 Å². The Balaban J connectivity index is 0.000000125. The minimum absolute atomic E-state index is 0.262. The molecule has 2 saturated heterocycles. The minimum atomic E-state index is -0.371. The zero-order valence-corrected chi connectivity index (χ0v) is 57.0. The van der Waals surface area contributed by atoms with Crippen LogP contribution in [0.15, 0.2) is 135 Å². The molecule has 0 atom stereocenters. The van der Waals surface area contributed by atoms with Gasteiger partial charge in [0.25, 0.3) is 23.5 Å². The van der Waals surface area contributed by atoms with Crippen molar-refractivity contribution in [2.24, 2.45) is 11.8 Å². The van der Waals surface area contributed by atoms with E-state index in [0.29, 0.717) is 136 Å². The Bertz CT molecular complexity index is 4960. The SMILES string of the molecule is Cc1cc(F)cc(Oc2nn(C(C)(C)C)c3ncnc(N)c23)c1.Cc1ccc(Oc2nn(CC3CCNCC3)c3ncnc(N)c23)cc1Cl.Nc1ncnc2c1c(Oc1cccc(Cl)c1)nn2CC1CCNCC1.Nc1ncnc2c1c(Oc1cccc(Cl)c1)nn2Cc1ccncc1. The summed E-state index contributed by atoms with van der Waals surface area (Å²) >= 11 is 18.2. The maximum atomic E-state index is 13.6. The summed E-state index contributed by atoms with van der Waals surface area (Å²) in [5.74, 6) is 5.58. The van der Waals surface area contributed by atoms with Crippen LogP contribution in [0.4, 0.5) is 27.7 Å². The van der Waals surface area contributed by atoms with E-state index < -0.39 is 0 Å². The second kappa shape index (κ2) is 30.4. The molecule has 27 nitrogen and oxygen atoms in total. The van der Waals surface area contributed by atoms with E-state index in [1.54, 1.807) is 77.2 Å². The number of rotatable bonds is 14. The Morgan fingerprint density at radius 2 is 0.909 bits per heavy atom. The molecular weight excluding hydrogens is 1330 g/mol. The molecule has 0 radical (unpaired) electrons. The molecule has 31 heteroatoms. The summed E-state index contributed by atoms with van der Waals surface area (Å²) in [7, 11) is 0. The van der Waals surface area contributed by atoms with E-state index in [2.05, 4.69) is 75.9 Å². The average molecular weight is 1400 g/mol. The lowest BCUT2D eigenvalue weighted by atomic mass is 9.98. The first kappa shape index (κ1) is 68.3. The number of fused-ring (bicyclic) bond motifs is 4. The number of piperidine rings is 2. The summed E-state index contributed by atoms with van der Waals surface area (Å²) in [6.07, 6.45) is 13.6. The summed E-state index contributed by atoms with van der Waals surface area (Å²) in [5.41, 5.74) is 29.2. The number of nitrogens with zero attached hydrogens (tertiary/aromatic N) is 17. The predicted octanol–water partition coefficient (Wildman–Crippen LogP) is 12.7. The van der Waals surface area contributed by atoms with Crippen molar-refractivity contribution in [2.45, 2.75) is 85.5 Å². The molecule has 15 rings (SSSR count). The third-order valence-corrected chi connectivity index (χ3v) is 17.0. The van der Waals surface area contributed by atoms with Gasteiger partial charge in [-0.3, -0.25) is 4.98 Å². The van der Waals surface area contributed by atoms with Crippen LogP contribution in [0.5, 0.6) is 46.5 Å². The highest BCUT2D eigenvalue weighted by atomic mass is 35.5. The van der Waals surface area contributed by atoms with Gasteiger partial charge in [-0.1, -0.05) is 53.0 Å². The second-order valence-electron chi connectivity index (χ2n) is 24.6. The van der Waals surface area contributed by atoms with E-state index in [0.717, 1.165) is 81.6 Å². The lowest BCUT2D eigenvalue weighted by Crippen LogP contribution is -2.30. The number of hydrogen-bond donors (Lipinski definition) is 6. The molecule has 2 aliphatic rings. The lowest BCUT2D eigenvalue weighted by molar-refractivity contribution is 0.320. The maximum absolute atomic E-state index is 13.6. The van der Waals surface area contributed by atoms with Crippen molar-refractivity contribution < 1.29 is 23.3 Å². The fourth-order valence-corrected chi connectivity index (χ4v) is 11.8. The van der Waals surface area contributed by atoms with Crippen molar-refractivity contribution in [3.8, 4) is 46.5 Å². The third-order valence-electron chi connectivity index (χ3n) is 16.1. The molecular formula is C68H71Cl3FN23O4. The number of anilines is 4. The maximum Gasteiger partial charge on any atom is 0.251 e. The molecule has 2 aliphatic heterocycles. The van der Waals surface area contributed by atoms with Crippen molar-refractivity contribution >= 4 is 102 Å². The molecule has 510 valence electrons. The van der Waals surface area contributed by atoms with Crippen molar-refractivity contribution in [2.75, 3.05) is 49.1 Å². The average Bonchev–Trinajstić information content (AvgIpc) is 1.65. The van der Waals surface area contributed by atoms with Crippen molar-refractivity contribution in [3.05, 3.63) is 172 Å². The highest BCUT2D eigenvalue weighted by molar-refractivity contribution is 6.31. The minimum Gasteiger partial charge on any atom is -0.437 e. The number of benzene rings is 4. The van der Waals surface area contributed by atoms with E-state index >= 15 is 0 Å². The van der Waals surface area contributed by atoms with Gasteiger partial charge in [-0.2, -0.15) is 0 Å². The molecule has 0 bridgehead atoms. The molecule has 0 saturated carbocycles. The van der Waals surface area contributed by atoms with Crippen LogP contribution in [0.1, 0.15) is 63.1 Å². The number of ether oxygens (including phenoxy) is 4. The molecule has 10 N–H and O–H groups in total. The molecule has 0 amide bonds. The van der Waals surface area contributed by atoms with Crippen molar-refractivity contribution in [1.82, 2.24) is 94.6 Å². The lowest BCUT2D eigenvalue weighted by Gasteiger charge is -2.22. The highest BCUT2D eigenvalue weighted by Crippen LogP contribution is 2.38. The van der Waals surface area contributed by atoms with Crippen molar-refractivity contribution in [3.63, 3.8) is 0 Å². The van der Waals surface area contributed by atoms with Crippen molar-refractivity contribution in [1.29, 1.82) is 0 Å². The number of nitrogens with two attached hydrogens (primary N) is 4. The van der Waals surface area contributed by atoms with E-state index in [4.69, 9.17) is 76.7 Å². The molecule has 0 spiro atoms. The van der Waals surface area contributed by atoms with Crippen LogP contribution in [0.3, 0.4) is 0 Å². The molecule has 0 aliphatic carbocycles. The van der Waals surface area contributed by atoms with Gasteiger partial charge in [0.1, 0.15) is 98.9 Å². The van der Waals surface area contributed by atoms with Crippen LogP contribution < -0.4 is 52.5 Å². The smallest absolute Gasteiger partial charge is 0.251 e. The van der Waals surface area contributed by atoms with Crippen LogP contribution in [0, 0.1) is 31.5 Å². The van der Waals surface area contributed by atoms with Gasteiger partial charge in [-0.25, -0.2) is 63.0 Å². The first-order chi connectivity index (χ1) is 47.8. The van der Waals surface area contributed by atoms with E-state index in [1.807, 2.05) is 73.5 Å². The molecule has 2 fully saturated rings. The van der Waals surface area contributed by atoms with Gasteiger partial charge in [0.05, 0.1) is 12.1 Å². The first-order valence-electron chi connectivity index (χ1n) is 31.7. The molecule has 4 aromatic carbocycles. The van der Waals surface area contributed by atoms with Crippen LogP contribution in [-0.4, -0.2) is 110 Å². The number of pyridine rings is 1. The standard InChI is InChI=1S/C18H21ClN6O.C17H19ClN6O.C17H13ClN6O.C16H18FN5O/c1-11-2-3-13(8-14(11)19)26-18-15-16(20)22-10-23-17(15)25(24-18)9-12-4-6-21-7-5-12;2*18-12-2-1-3-13(8-12)25-17-14-15(19)21-10-22-16(14)24(23-17)9-11-4-6-20-7-5-11;1-9-5-10(17)7-11(6-9)23-15-12-13(18)19-8-20-14(12)22(21-15)16(2,3)4/h2-3,8,10,12,21H,4-7,9H2,1H3,(H2,20,22,23);1-3,8,10-11,20H,4-7,9H2,(H2,19,21,22);1-8,10H,9H2,(H2,19,21,22);5-8H,1-4H3,(H2,18,19,20).